The summed E-state index contributed by atoms with van der Waals surface area (Å²) in [6.45, 7) is 7.34. The number of fused-ring (bicyclic) bond motifs is 1. The first-order valence-corrected chi connectivity index (χ1v) is 7.64. The number of rotatable bonds is 3. The van der Waals surface area contributed by atoms with Gasteiger partial charge in [0.15, 0.2) is 5.65 Å². The molecule has 1 fully saturated rings. The maximum absolute atomic E-state index is 6.32. The zero-order valence-electron chi connectivity index (χ0n) is 12.3. The molecule has 0 amide bonds. The molecule has 0 radical (unpaired) electrons. The van der Waals surface area contributed by atoms with Gasteiger partial charge in [0.1, 0.15) is 11.3 Å². The summed E-state index contributed by atoms with van der Waals surface area (Å²) in [6, 6.07) is 2.01. The van der Waals surface area contributed by atoms with Gasteiger partial charge >= 0.3 is 0 Å². The van der Waals surface area contributed by atoms with Crippen LogP contribution in [0.15, 0.2) is 12.3 Å². The molecule has 3 heterocycles. The van der Waals surface area contributed by atoms with Crippen molar-refractivity contribution in [2.24, 2.45) is 5.92 Å². The zero-order valence-corrected chi connectivity index (χ0v) is 13.1. The van der Waals surface area contributed by atoms with Crippen LogP contribution in [0.2, 0.25) is 0 Å². The van der Waals surface area contributed by atoms with Crippen molar-refractivity contribution in [1.82, 2.24) is 19.4 Å². The minimum absolute atomic E-state index is 0.0947. The highest BCUT2D eigenvalue weighted by molar-refractivity contribution is 6.20. The van der Waals surface area contributed by atoms with Crippen LogP contribution in [0, 0.1) is 12.8 Å². The Morgan fingerprint density at radius 3 is 2.95 bits per heavy atom. The molecule has 0 saturated carbocycles. The molecule has 2 aromatic heterocycles. The Morgan fingerprint density at radius 1 is 1.50 bits per heavy atom. The Bertz CT molecular complexity index is 620. The second-order valence-corrected chi connectivity index (χ2v) is 6.57. The van der Waals surface area contributed by atoms with E-state index in [-0.39, 0.29) is 5.38 Å². The molecule has 2 unspecified atom stereocenters. The Balaban J connectivity index is 2.03. The third-order valence-corrected chi connectivity index (χ3v) is 4.35. The molecule has 0 spiro atoms. The van der Waals surface area contributed by atoms with Crippen molar-refractivity contribution in [2.75, 3.05) is 20.1 Å². The minimum atomic E-state index is -0.0947. The van der Waals surface area contributed by atoms with E-state index in [0.717, 1.165) is 35.6 Å². The van der Waals surface area contributed by atoms with Crippen molar-refractivity contribution in [1.29, 1.82) is 0 Å². The fourth-order valence-electron chi connectivity index (χ4n) is 3.07. The predicted octanol–water partition coefficient (Wildman–Crippen LogP) is 2.99. The summed E-state index contributed by atoms with van der Waals surface area (Å²) in [6.07, 6.45) is 3.09. The summed E-state index contributed by atoms with van der Waals surface area (Å²) >= 11 is 6.32. The standard InChI is InChI=1S/C15H21ClN4/c1-10-4-6-17-15-13(10)18-14(11(2)16)20(15)9-12-5-7-19(3)8-12/h4,6,11-12H,5,7-9H2,1-3H3. The van der Waals surface area contributed by atoms with E-state index in [1.165, 1.54) is 13.0 Å². The number of hydrogen-bond donors (Lipinski definition) is 0. The van der Waals surface area contributed by atoms with Crippen LogP contribution in [0.1, 0.15) is 30.1 Å². The molecule has 0 N–H and O–H groups in total. The number of likely N-dealkylation sites (tertiary alicyclic amines) is 1. The summed E-state index contributed by atoms with van der Waals surface area (Å²) in [5.74, 6) is 1.60. The van der Waals surface area contributed by atoms with Crippen molar-refractivity contribution in [3.63, 3.8) is 0 Å². The number of halogens is 1. The number of imidazole rings is 1. The van der Waals surface area contributed by atoms with Gasteiger partial charge in [-0.25, -0.2) is 9.97 Å². The highest BCUT2D eigenvalue weighted by Crippen LogP contribution is 2.27. The van der Waals surface area contributed by atoms with Crippen molar-refractivity contribution in [3.8, 4) is 0 Å². The molecular weight excluding hydrogens is 272 g/mol. The average molecular weight is 293 g/mol. The molecule has 20 heavy (non-hydrogen) atoms. The van der Waals surface area contributed by atoms with Gasteiger partial charge < -0.3 is 9.47 Å². The van der Waals surface area contributed by atoms with E-state index in [9.17, 15) is 0 Å². The molecular formula is C15H21ClN4. The van der Waals surface area contributed by atoms with Gasteiger partial charge in [-0.05, 0) is 51.4 Å². The number of pyridine rings is 1. The quantitative estimate of drug-likeness (QED) is 0.816. The first-order chi connectivity index (χ1) is 9.56. The Labute approximate surface area is 124 Å². The van der Waals surface area contributed by atoms with Gasteiger partial charge in [0.25, 0.3) is 0 Å². The molecule has 0 aliphatic carbocycles. The van der Waals surface area contributed by atoms with Crippen LogP contribution >= 0.6 is 11.6 Å². The number of alkyl halides is 1. The number of aryl methyl sites for hydroxylation is 1. The molecule has 2 atom stereocenters. The third kappa shape index (κ3) is 2.42. The van der Waals surface area contributed by atoms with E-state index in [0.29, 0.717) is 5.92 Å². The predicted molar refractivity (Wildman–Crippen MR) is 82.1 cm³/mol. The molecule has 0 aromatic carbocycles. The van der Waals surface area contributed by atoms with Crippen LogP contribution in [-0.2, 0) is 6.54 Å². The maximum atomic E-state index is 6.32. The first kappa shape index (κ1) is 13.8. The van der Waals surface area contributed by atoms with E-state index in [2.05, 4.69) is 28.4 Å². The maximum Gasteiger partial charge on any atom is 0.160 e. The molecule has 3 rings (SSSR count). The van der Waals surface area contributed by atoms with Crippen LogP contribution in [-0.4, -0.2) is 39.6 Å². The molecule has 1 aliphatic rings. The Kier molecular flexibility index (Phi) is 3.69. The SMILES string of the molecule is Cc1ccnc2c1nc(C(C)Cl)n2CC1CCN(C)C1. The summed E-state index contributed by atoms with van der Waals surface area (Å²) in [4.78, 5) is 11.6. The van der Waals surface area contributed by atoms with Crippen molar-refractivity contribution >= 4 is 22.8 Å². The van der Waals surface area contributed by atoms with E-state index in [1.807, 2.05) is 19.2 Å². The van der Waals surface area contributed by atoms with Crippen molar-refractivity contribution < 1.29 is 0 Å². The summed E-state index contributed by atoms with van der Waals surface area (Å²) in [5, 5.41) is -0.0947. The second-order valence-electron chi connectivity index (χ2n) is 5.91. The van der Waals surface area contributed by atoms with Gasteiger partial charge in [-0.1, -0.05) is 0 Å². The highest BCUT2D eigenvalue weighted by Gasteiger charge is 2.24. The number of hydrogen-bond acceptors (Lipinski definition) is 3. The van der Waals surface area contributed by atoms with Crippen LogP contribution < -0.4 is 0 Å². The van der Waals surface area contributed by atoms with E-state index >= 15 is 0 Å². The van der Waals surface area contributed by atoms with Gasteiger partial charge in [-0.3, -0.25) is 0 Å². The van der Waals surface area contributed by atoms with Crippen LogP contribution in [0.3, 0.4) is 0 Å². The monoisotopic (exact) mass is 292 g/mol. The molecule has 4 nitrogen and oxygen atoms in total. The number of aromatic nitrogens is 3. The van der Waals surface area contributed by atoms with Gasteiger partial charge in [-0.2, -0.15) is 0 Å². The lowest BCUT2D eigenvalue weighted by Crippen LogP contribution is -2.18. The lowest BCUT2D eigenvalue weighted by molar-refractivity contribution is 0.377. The Morgan fingerprint density at radius 2 is 2.30 bits per heavy atom. The highest BCUT2D eigenvalue weighted by atomic mass is 35.5. The van der Waals surface area contributed by atoms with Crippen molar-refractivity contribution in [3.05, 3.63) is 23.7 Å². The van der Waals surface area contributed by atoms with E-state index in [1.54, 1.807) is 0 Å². The Hall–Kier alpha value is -1.13. The van der Waals surface area contributed by atoms with Crippen LogP contribution in [0.25, 0.3) is 11.2 Å². The normalized spacial score (nSPS) is 21.7. The molecule has 2 aromatic rings. The van der Waals surface area contributed by atoms with Gasteiger partial charge in [0.2, 0.25) is 0 Å². The minimum Gasteiger partial charge on any atom is -0.311 e. The molecule has 108 valence electrons. The number of nitrogens with zero attached hydrogens (tertiary/aromatic N) is 4. The van der Waals surface area contributed by atoms with E-state index < -0.39 is 0 Å². The van der Waals surface area contributed by atoms with Crippen LogP contribution in [0.4, 0.5) is 0 Å². The topological polar surface area (TPSA) is 34.0 Å². The summed E-state index contributed by atoms with van der Waals surface area (Å²) in [7, 11) is 2.18. The average Bonchev–Trinajstić information content (AvgIpc) is 2.96. The van der Waals surface area contributed by atoms with Gasteiger partial charge in [-0.15, -0.1) is 11.6 Å². The summed E-state index contributed by atoms with van der Waals surface area (Å²) < 4.78 is 2.23. The molecule has 1 aliphatic heterocycles. The third-order valence-electron chi connectivity index (χ3n) is 4.15. The molecule has 1 saturated heterocycles. The van der Waals surface area contributed by atoms with Gasteiger partial charge in [0, 0.05) is 19.3 Å². The zero-order chi connectivity index (χ0) is 14.3. The fraction of sp³-hybridized carbons (Fsp3) is 0.600. The summed E-state index contributed by atoms with van der Waals surface area (Å²) in [5.41, 5.74) is 3.12. The van der Waals surface area contributed by atoms with Crippen molar-refractivity contribution in [2.45, 2.75) is 32.2 Å². The molecule has 5 heteroatoms. The largest absolute Gasteiger partial charge is 0.311 e. The van der Waals surface area contributed by atoms with Gasteiger partial charge in [0.05, 0.1) is 5.38 Å². The molecule has 0 bridgehead atoms. The second kappa shape index (κ2) is 5.34. The first-order valence-electron chi connectivity index (χ1n) is 7.20. The lowest BCUT2D eigenvalue weighted by Gasteiger charge is -2.15. The van der Waals surface area contributed by atoms with Crippen LogP contribution in [0.5, 0.6) is 0 Å². The fourth-order valence-corrected chi connectivity index (χ4v) is 3.24. The lowest BCUT2D eigenvalue weighted by atomic mass is 10.1. The van der Waals surface area contributed by atoms with E-state index in [4.69, 9.17) is 16.6 Å². The smallest absolute Gasteiger partial charge is 0.160 e.